The van der Waals surface area contributed by atoms with Crippen LogP contribution < -0.4 is 15.5 Å². The van der Waals surface area contributed by atoms with E-state index in [9.17, 15) is 0 Å². The molecule has 8 heteroatoms. The van der Waals surface area contributed by atoms with Gasteiger partial charge in [-0.1, -0.05) is 11.6 Å². The van der Waals surface area contributed by atoms with Crippen molar-refractivity contribution >= 4 is 47.4 Å². The maximum atomic E-state index is 6.27. The van der Waals surface area contributed by atoms with E-state index in [1.54, 1.807) is 6.20 Å². The highest BCUT2D eigenvalue weighted by molar-refractivity contribution is 14.0. The van der Waals surface area contributed by atoms with Crippen molar-refractivity contribution in [3.8, 4) is 0 Å². The van der Waals surface area contributed by atoms with Gasteiger partial charge in [0.15, 0.2) is 5.96 Å². The summed E-state index contributed by atoms with van der Waals surface area (Å²) in [6.07, 6.45) is 2.80. The summed E-state index contributed by atoms with van der Waals surface area (Å²) in [7, 11) is 0. The van der Waals surface area contributed by atoms with Crippen molar-refractivity contribution in [3.63, 3.8) is 0 Å². The summed E-state index contributed by atoms with van der Waals surface area (Å²) < 4.78 is 5.58. The number of aliphatic imine (C=N–C) groups is 1. The van der Waals surface area contributed by atoms with Crippen LogP contribution in [0.25, 0.3) is 0 Å². The second-order valence-electron chi connectivity index (χ2n) is 6.52. The minimum atomic E-state index is 0. The van der Waals surface area contributed by atoms with Crippen LogP contribution in [0.3, 0.4) is 0 Å². The van der Waals surface area contributed by atoms with Crippen LogP contribution >= 0.6 is 35.6 Å². The number of aromatic nitrogens is 1. The van der Waals surface area contributed by atoms with Gasteiger partial charge < -0.3 is 20.0 Å². The Kier molecular flexibility index (Phi) is 8.22. The molecule has 0 aromatic carbocycles. The molecule has 6 nitrogen and oxygen atoms in total. The molecule has 2 aromatic heterocycles. The first-order valence-corrected chi connectivity index (χ1v) is 9.40. The molecule has 0 bridgehead atoms. The van der Waals surface area contributed by atoms with Gasteiger partial charge in [0, 0.05) is 37.4 Å². The first-order valence-electron chi connectivity index (χ1n) is 9.03. The summed E-state index contributed by atoms with van der Waals surface area (Å²) in [6, 6.07) is 6.08. The van der Waals surface area contributed by atoms with Crippen LogP contribution in [0.5, 0.6) is 0 Å². The topological polar surface area (TPSA) is 65.7 Å². The SMILES string of the molecule is CCNC(=NCc1cc(C)oc1C)NC1CCN(c2ncccc2Cl)C1.I. The lowest BCUT2D eigenvalue weighted by atomic mass is 10.2. The third kappa shape index (κ3) is 5.75. The molecular weight excluding hydrogens is 477 g/mol. The van der Waals surface area contributed by atoms with Crippen molar-refractivity contribution in [1.82, 2.24) is 15.6 Å². The van der Waals surface area contributed by atoms with Crippen LogP contribution in [-0.4, -0.2) is 36.6 Å². The summed E-state index contributed by atoms with van der Waals surface area (Å²) >= 11 is 6.27. The molecule has 27 heavy (non-hydrogen) atoms. The third-order valence-corrected chi connectivity index (χ3v) is 4.76. The molecule has 3 heterocycles. The van der Waals surface area contributed by atoms with Crippen LogP contribution in [0.1, 0.15) is 30.4 Å². The van der Waals surface area contributed by atoms with Gasteiger partial charge in [-0.25, -0.2) is 9.98 Å². The first-order chi connectivity index (χ1) is 12.6. The van der Waals surface area contributed by atoms with Crippen molar-refractivity contribution in [3.05, 3.63) is 46.5 Å². The fourth-order valence-electron chi connectivity index (χ4n) is 3.20. The van der Waals surface area contributed by atoms with Gasteiger partial charge in [0.25, 0.3) is 0 Å². The number of furan rings is 1. The highest BCUT2D eigenvalue weighted by Gasteiger charge is 2.25. The predicted octanol–water partition coefficient (Wildman–Crippen LogP) is 3.90. The van der Waals surface area contributed by atoms with Gasteiger partial charge in [-0.3, -0.25) is 0 Å². The molecule has 2 N–H and O–H groups in total. The number of hydrogen-bond donors (Lipinski definition) is 2. The van der Waals surface area contributed by atoms with Crippen LogP contribution in [0.2, 0.25) is 5.02 Å². The number of aryl methyl sites for hydroxylation is 2. The quantitative estimate of drug-likeness (QED) is 0.368. The zero-order chi connectivity index (χ0) is 18.5. The van der Waals surface area contributed by atoms with Gasteiger partial charge in [0.2, 0.25) is 0 Å². The number of hydrogen-bond acceptors (Lipinski definition) is 4. The van der Waals surface area contributed by atoms with Crippen molar-refractivity contribution in [2.24, 2.45) is 4.99 Å². The molecule has 0 spiro atoms. The van der Waals surface area contributed by atoms with Gasteiger partial charge in [0.05, 0.1) is 11.6 Å². The van der Waals surface area contributed by atoms with Crippen molar-refractivity contribution in [2.45, 2.75) is 39.8 Å². The Bertz CT molecular complexity index is 779. The monoisotopic (exact) mass is 503 g/mol. The van der Waals surface area contributed by atoms with Gasteiger partial charge in [-0.2, -0.15) is 0 Å². The number of nitrogens with one attached hydrogen (secondary N) is 2. The molecule has 1 saturated heterocycles. The molecular formula is C19H27ClIN5O. The molecule has 2 aromatic rings. The molecule has 0 radical (unpaired) electrons. The molecule has 0 aliphatic carbocycles. The van der Waals surface area contributed by atoms with E-state index in [4.69, 9.17) is 21.0 Å². The maximum Gasteiger partial charge on any atom is 0.191 e. The summed E-state index contributed by atoms with van der Waals surface area (Å²) in [4.78, 5) is 11.3. The Morgan fingerprint density at radius 3 is 2.93 bits per heavy atom. The number of anilines is 1. The predicted molar refractivity (Wildman–Crippen MR) is 121 cm³/mol. The van der Waals surface area contributed by atoms with Crippen molar-refractivity contribution < 1.29 is 4.42 Å². The van der Waals surface area contributed by atoms with Gasteiger partial charge >= 0.3 is 0 Å². The highest BCUT2D eigenvalue weighted by Crippen LogP contribution is 2.25. The van der Waals surface area contributed by atoms with Gasteiger partial charge in [0.1, 0.15) is 17.3 Å². The highest BCUT2D eigenvalue weighted by atomic mass is 127. The lowest BCUT2D eigenvalue weighted by Gasteiger charge is -2.20. The first kappa shape index (κ1) is 21.8. The minimum absolute atomic E-state index is 0. The zero-order valence-electron chi connectivity index (χ0n) is 16.0. The molecule has 148 valence electrons. The van der Waals surface area contributed by atoms with E-state index in [0.29, 0.717) is 17.6 Å². The Morgan fingerprint density at radius 2 is 2.26 bits per heavy atom. The average Bonchev–Trinajstić information content (AvgIpc) is 3.19. The van der Waals surface area contributed by atoms with Crippen LogP contribution in [0, 0.1) is 13.8 Å². The zero-order valence-corrected chi connectivity index (χ0v) is 19.0. The third-order valence-electron chi connectivity index (χ3n) is 4.46. The van der Waals surface area contributed by atoms with Crippen molar-refractivity contribution in [1.29, 1.82) is 0 Å². The fraction of sp³-hybridized carbons (Fsp3) is 0.474. The van der Waals surface area contributed by atoms with E-state index in [2.05, 4.69) is 27.4 Å². The van der Waals surface area contributed by atoms with Crippen LogP contribution in [0.15, 0.2) is 33.8 Å². The number of rotatable bonds is 5. The molecule has 3 rings (SSSR count). The standard InChI is InChI=1S/C19H26ClN5O.HI/c1-4-21-19(23-11-15-10-13(2)26-14(15)3)24-16-7-9-25(12-16)18-17(20)6-5-8-22-18;/h5-6,8,10,16H,4,7,9,11-12H2,1-3H3,(H2,21,23,24);1H. The largest absolute Gasteiger partial charge is 0.466 e. The van der Waals surface area contributed by atoms with E-state index in [1.807, 2.05) is 32.0 Å². The Labute approximate surface area is 182 Å². The van der Waals surface area contributed by atoms with Crippen LogP contribution in [-0.2, 0) is 6.54 Å². The molecule has 0 amide bonds. The lowest BCUT2D eigenvalue weighted by Crippen LogP contribution is -2.44. The van der Waals surface area contributed by atoms with E-state index in [1.165, 1.54) is 0 Å². The maximum absolute atomic E-state index is 6.27. The summed E-state index contributed by atoms with van der Waals surface area (Å²) in [5.41, 5.74) is 1.12. The molecule has 1 unspecified atom stereocenters. The second-order valence-corrected chi connectivity index (χ2v) is 6.93. The Balaban J connectivity index is 0.00000261. The number of guanidine groups is 1. The van der Waals surface area contributed by atoms with Gasteiger partial charge in [-0.05, 0) is 45.4 Å². The van der Waals surface area contributed by atoms with E-state index in [-0.39, 0.29) is 24.0 Å². The Hall–Kier alpha value is -1.48. The number of pyridine rings is 1. The van der Waals surface area contributed by atoms with E-state index in [0.717, 1.165) is 54.9 Å². The van der Waals surface area contributed by atoms with Crippen LogP contribution in [0.4, 0.5) is 5.82 Å². The van der Waals surface area contributed by atoms with E-state index >= 15 is 0 Å². The molecule has 1 atom stereocenters. The molecule has 1 aliphatic heterocycles. The van der Waals surface area contributed by atoms with Gasteiger partial charge in [-0.15, -0.1) is 24.0 Å². The average molecular weight is 504 g/mol. The Morgan fingerprint density at radius 1 is 1.44 bits per heavy atom. The summed E-state index contributed by atoms with van der Waals surface area (Å²) in [5, 5.41) is 7.54. The lowest BCUT2D eigenvalue weighted by molar-refractivity contribution is 0.501. The summed E-state index contributed by atoms with van der Waals surface area (Å²) in [5.74, 6) is 3.53. The number of halogens is 2. The normalized spacial score (nSPS) is 17.0. The second kappa shape index (κ2) is 10.2. The smallest absolute Gasteiger partial charge is 0.191 e. The van der Waals surface area contributed by atoms with E-state index < -0.39 is 0 Å². The molecule has 1 aliphatic rings. The summed E-state index contributed by atoms with van der Waals surface area (Å²) in [6.45, 7) is 9.19. The fourth-order valence-corrected chi connectivity index (χ4v) is 3.44. The number of nitrogens with zero attached hydrogens (tertiary/aromatic N) is 3. The minimum Gasteiger partial charge on any atom is -0.466 e. The van der Waals surface area contributed by atoms with Crippen molar-refractivity contribution in [2.75, 3.05) is 24.5 Å². The molecule has 1 fully saturated rings. The molecule has 0 saturated carbocycles.